The number of carboxylic acid groups (broad SMARTS) is 1. The molecule has 110 valence electrons. The zero-order valence-corrected chi connectivity index (χ0v) is 12.5. The third-order valence-corrected chi connectivity index (χ3v) is 3.34. The quantitative estimate of drug-likeness (QED) is 0.813. The van der Waals surface area contributed by atoms with Gasteiger partial charge in [0.15, 0.2) is 0 Å². The van der Waals surface area contributed by atoms with Crippen LogP contribution in [-0.2, 0) is 16.0 Å². The summed E-state index contributed by atoms with van der Waals surface area (Å²) in [4.78, 5) is 22.5. The highest BCUT2D eigenvalue weighted by Gasteiger charge is 2.27. The monoisotopic (exact) mass is 297 g/mol. The fraction of sp³-hybridized carbons (Fsp3) is 0.467. The van der Waals surface area contributed by atoms with Crippen LogP contribution in [0.25, 0.3) is 0 Å². The molecule has 0 atom stereocenters. The molecule has 0 heterocycles. The van der Waals surface area contributed by atoms with Crippen LogP contribution in [0.15, 0.2) is 24.3 Å². The third-order valence-electron chi connectivity index (χ3n) is 3.09. The third kappa shape index (κ3) is 5.61. The molecule has 1 rings (SSSR count). The molecule has 1 aromatic rings. The molecule has 0 fully saturated rings. The van der Waals surface area contributed by atoms with Crippen LogP contribution in [-0.4, -0.2) is 23.5 Å². The summed E-state index contributed by atoms with van der Waals surface area (Å²) in [6.45, 7) is 3.31. The Morgan fingerprint density at radius 2 is 1.85 bits per heavy atom. The first kappa shape index (κ1) is 16.5. The number of aryl methyl sites for hydroxylation is 1. The fourth-order valence-corrected chi connectivity index (χ4v) is 1.71. The number of aliphatic carboxylic acids is 1. The summed E-state index contributed by atoms with van der Waals surface area (Å²) < 4.78 is 0. The van der Waals surface area contributed by atoms with Crippen molar-refractivity contribution in [3.63, 3.8) is 0 Å². The first-order valence-corrected chi connectivity index (χ1v) is 6.93. The smallest absolute Gasteiger partial charge is 0.310 e. The maximum atomic E-state index is 11.6. The van der Waals surface area contributed by atoms with E-state index in [0.717, 1.165) is 18.4 Å². The van der Waals surface area contributed by atoms with Gasteiger partial charge in [-0.3, -0.25) is 9.59 Å². The van der Waals surface area contributed by atoms with Gasteiger partial charge in [-0.05, 0) is 44.4 Å². The molecule has 0 radical (unpaired) electrons. The van der Waals surface area contributed by atoms with E-state index in [9.17, 15) is 9.59 Å². The summed E-state index contributed by atoms with van der Waals surface area (Å²) in [6, 6.07) is 7.53. The van der Waals surface area contributed by atoms with Crippen molar-refractivity contribution >= 4 is 23.5 Å². The number of hydrogen-bond donors (Lipinski definition) is 2. The molecule has 1 aromatic carbocycles. The van der Waals surface area contributed by atoms with Gasteiger partial charge >= 0.3 is 5.97 Å². The first-order valence-electron chi connectivity index (χ1n) is 6.56. The minimum Gasteiger partial charge on any atom is -0.481 e. The van der Waals surface area contributed by atoms with E-state index >= 15 is 0 Å². The summed E-state index contributed by atoms with van der Waals surface area (Å²) in [5.74, 6) is -1.03. The van der Waals surface area contributed by atoms with Gasteiger partial charge in [0, 0.05) is 18.0 Å². The summed E-state index contributed by atoms with van der Waals surface area (Å²) in [5, 5.41) is 12.3. The molecule has 0 aliphatic heterocycles. The zero-order chi connectivity index (χ0) is 15.2. The van der Waals surface area contributed by atoms with Crippen LogP contribution in [0.5, 0.6) is 0 Å². The fourth-order valence-electron chi connectivity index (χ4n) is 1.59. The average molecular weight is 298 g/mol. The van der Waals surface area contributed by atoms with Gasteiger partial charge in [-0.2, -0.15) is 0 Å². The van der Waals surface area contributed by atoms with Gasteiger partial charge in [0.25, 0.3) is 0 Å². The van der Waals surface area contributed by atoms with E-state index in [1.807, 2.05) is 24.3 Å². The van der Waals surface area contributed by atoms with E-state index in [-0.39, 0.29) is 12.5 Å². The molecule has 20 heavy (non-hydrogen) atoms. The molecule has 4 nitrogen and oxygen atoms in total. The second-order valence-electron chi connectivity index (χ2n) is 5.45. The van der Waals surface area contributed by atoms with E-state index < -0.39 is 11.4 Å². The molecule has 1 amide bonds. The lowest BCUT2D eigenvalue weighted by Gasteiger charge is -2.19. The average Bonchev–Trinajstić information content (AvgIpc) is 2.39. The van der Waals surface area contributed by atoms with Crippen molar-refractivity contribution in [2.24, 2.45) is 5.41 Å². The molecule has 0 aliphatic rings. The Balaban J connectivity index is 2.27. The molecule has 5 heteroatoms. The normalized spacial score (nSPS) is 11.2. The van der Waals surface area contributed by atoms with Gasteiger partial charge < -0.3 is 10.4 Å². The summed E-state index contributed by atoms with van der Waals surface area (Å²) in [6.07, 6.45) is 1.91. The number of hydrogen-bond acceptors (Lipinski definition) is 2. The number of nitrogens with one attached hydrogen (secondary N) is 1. The standard InChI is InChI=1S/C15H20ClNO3/c1-15(2,14(19)20)10-17-13(18)5-3-4-11-6-8-12(16)9-7-11/h6-9H,3-5,10H2,1-2H3,(H,17,18)(H,19,20). The molecule has 0 unspecified atom stereocenters. The van der Waals surface area contributed by atoms with Crippen molar-refractivity contribution < 1.29 is 14.7 Å². The van der Waals surface area contributed by atoms with Crippen molar-refractivity contribution in [1.29, 1.82) is 0 Å². The molecule has 0 saturated carbocycles. The van der Waals surface area contributed by atoms with Gasteiger partial charge in [-0.25, -0.2) is 0 Å². The number of carboxylic acids is 1. The Kier molecular flexibility index (Phi) is 6.02. The van der Waals surface area contributed by atoms with Gasteiger partial charge in [0.2, 0.25) is 5.91 Å². The van der Waals surface area contributed by atoms with Crippen LogP contribution in [0.3, 0.4) is 0 Å². The van der Waals surface area contributed by atoms with E-state index in [1.165, 1.54) is 0 Å². The number of halogens is 1. The van der Waals surface area contributed by atoms with E-state index in [1.54, 1.807) is 13.8 Å². The van der Waals surface area contributed by atoms with Crippen LogP contribution in [0.2, 0.25) is 5.02 Å². The minimum atomic E-state index is -0.939. The number of rotatable bonds is 7. The summed E-state index contributed by atoms with van der Waals surface area (Å²) in [7, 11) is 0. The van der Waals surface area contributed by atoms with Gasteiger partial charge in [0.05, 0.1) is 5.41 Å². The molecule has 0 spiro atoms. The number of carbonyl (C=O) groups is 2. The molecular formula is C15H20ClNO3. The Morgan fingerprint density at radius 1 is 1.25 bits per heavy atom. The van der Waals surface area contributed by atoms with Gasteiger partial charge in [-0.1, -0.05) is 23.7 Å². The van der Waals surface area contributed by atoms with E-state index in [2.05, 4.69) is 5.32 Å². The predicted molar refractivity (Wildman–Crippen MR) is 78.8 cm³/mol. The Labute approximate surface area is 124 Å². The molecular weight excluding hydrogens is 278 g/mol. The molecule has 0 aromatic heterocycles. The van der Waals surface area contributed by atoms with E-state index in [4.69, 9.17) is 16.7 Å². The summed E-state index contributed by atoms with van der Waals surface area (Å²) in [5.41, 5.74) is 0.194. The largest absolute Gasteiger partial charge is 0.481 e. The summed E-state index contributed by atoms with van der Waals surface area (Å²) >= 11 is 5.79. The Morgan fingerprint density at radius 3 is 2.40 bits per heavy atom. The maximum Gasteiger partial charge on any atom is 0.310 e. The SMILES string of the molecule is CC(C)(CNC(=O)CCCc1ccc(Cl)cc1)C(=O)O. The lowest BCUT2D eigenvalue weighted by atomic mass is 9.94. The second-order valence-corrected chi connectivity index (χ2v) is 5.88. The topological polar surface area (TPSA) is 66.4 Å². The Bertz CT molecular complexity index is 469. The van der Waals surface area contributed by atoms with Crippen LogP contribution in [0.4, 0.5) is 0 Å². The van der Waals surface area contributed by atoms with Crippen LogP contribution in [0, 0.1) is 5.41 Å². The molecule has 0 aliphatic carbocycles. The molecule has 2 N–H and O–H groups in total. The number of benzene rings is 1. The van der Waals surface area contributed by atoms with Crippen molar-refractivity contribution in [1.82, 2.24) is 5.32 Å². The maximum absolute atomic E-state index is 11.6. The van der Waals surface area contributed by atoms with Crippen molar-refractivity contribution in [2.45, 2.75) is 33.1 Å². The van der Waals surface area contributed by atoms with Crippen molar-refractivity contribution in [3.8, 4) is 0 Å². The van der Waals surface area contributed by atoms with Crippen molar-refractivity contribution in [3.05, 3.63) is 34.9 Å². The highest BCUT2D eigenvalue weighted by Crippen LogP contribution is 2.14. The predicted octanol–water partition coefficient (Wildman–Crippen LogP) is 2.89. The van der Waals surface area contributed by atoms with Crippen LogP contribution < -0.4 is 5.32 Å². The molecule has 0 bridgehead atoms. The minimum absolute atomic E-state index is 0.117. The van der Waals surface area contributed by atoms with E-state index in [0.29, 0.717) is 11.4 Å². The highest BCUT2D eigenvalue weighted by molar-refractivity contribution is 6.30. The zero-order valence-electron chi connectivity index (χ0n) is 11.8. The number of carbonyl (C=O) groups excluding carboxylic acids is 1. The number of amides is 1. The highest BCUT2D eigenvalue weighted by atomic mass is 35.5. The van der Waals surface area contributed by atoms with Crippen LogP contribution in [0.1, 0.15) is 32.3 Å². The van der Waals surface area contributed by atoms with Gasteiger partial charge in [-0.15, -0.1) is 0 Å². The second kappa shape index (κ2) is 7.29. The first-order chi connectivity index (χ1) is 9.31. The lowest BCUT2D eigenvalue weighted by Crippen LogP contribution is -2.38. The van der Waals surface area contributed by atoms with Gasteiger partial charge in [0.1, 0.15) is 0 Å². The van der Waals surface area contributed by atoms with Crippen LogP contribution >= 0.6 is 11.6 Å². The molecule has 0 saturated heterocycles. The Hall–Kier alpha value is -1.55. The van der Waals surface area contributed by atoms with Crippen molar-refractivity contribution in [2.75, 3.05) is 6.54 Å². The lowest BCUT2D eigenvalue weighted by molar-refractivity contribution is -0.146.